The molecule has 0 radical (unpaired) electrons. The molecule has 3 fully saturated rings. The molecular formula is C24H33N5O5S. The molecule has 0 atom stereocenters. The van der Waals surface area contributed by atoms with Crippen LogP contribution in [0.4, 0.5) is 5.69 Å². The minimum absolute atomic E-state index is 0.119. The van der Waals surface area contributed by atoms with Crippen molar-refractivity contribution in [1.82, 2.24) is 19.0 Å². The molecule has 0 N–H and O–H groups in total. The lowest BCUT2D eigenvalue weighted by molar-refractivity contribution is -0.181. The van der Waals surface area contributed by atoms with Gasteiger partial charge < -0.3 is 19.3 Å². The largest absolute Gasteiger partial charge is 0.369 e. The summed E-state index contributed by atoms with van der Waals surface area (Å²) in [5.41, 5.74) is 3.59. The molecule has 190 valence electrons. The first-order valence-electron chi connectivity index (χ1n) is 12.1. The van der Waals surface area contributed by atoms with Gasteiger partial charge in [0.05, 0.1) is 18.8 Å². The predicted octanol–water partition coefficient (Wildman–Crippen LogP) is 1.53. The Balaban J connectivity index is 1.30. The number of ether oxygens (including phenoxy) is 2. The van der Waals surface area contributed by atoms with Gasteiger partial charge >= 0.3 is 0 Å². The Morgan fingerprint density at radius 1 is 1.00 bits per heavy atom. The van der Waals surface area contributed by atoms with E-state index < -0.39 is 15.8 Å². The zero-order valence-corrected chi connectivity index (χ0v) is 21.4. The van der Waals surface area contributed by atoms with Crippen LogP contribution in [0.3, 0.4) is 0 Å². The quantitative estimate of drug-likeness (QED) is 0.624. The third kappa shape index (κ3) is 4.57. The van der Waals surface area contributed by atoms with Gasteiger partial charge in [-0.25, -0.2) is 8.42 Å². The molecule has 11 heteroatoms. The molecular weight excluding hydrogens is 470 g/mol. The Morgan fingerprint density at radius 2 is 1.66 bits per heavy atom. The Bertz CT molecular complexity index is 1200. The number of hydrogen-bond acceptors (Lipinski definition) is 7. The summed E-state index contributed by atoms with van der Waals surface area (Å²) in [7, 11) is -2.29. The van der Waals surface area contributed by atoms with Gasteiger partial charge in [-0.1, -0.05) is 12.1 Å². The monoisotopic (exact) mass is 503 g/mol. The van der Waals surface area contributed by atoms with Gasteiger partial charge in [-0.2, -0.15) is 9.40 Å². The molecule has 0 aliphatic carbocycles. The third-order valence-electron chi connectivity index (χ3n) is 7.18. The van der Waals surface area contributed by atoms with Gasteiger partial charge in [0.15, 0.2) is 5.79 Å². The maximum Gasteiger partial charge on any atom is 0.263 e. The van der Waals surface area contributed by atoms with E-state index in [1.807, 2.05) is 0 Å². The number of benzene rings is 1. The van der Waals surface area contributed by atoms with Crippen molar-refractivity contribution >= 4 is 21.6 Å². The van der Waals surface area contributed by atoms with Crippen LogP contribution in [0.5, 0.6) is 0 Å². The van der Waals surface area contributed by atoms with Crippen LogP contribution in [0.25, 0.3) is 0 Å². The lowest BCUT2D eigenvalue weighted by atomic mass is 10.0. The number of aryl methyl sites for hydroxylation is 3. The standard InChI is InChI=1S/C24H33N5O5S/c1-18-4-5-19(2)21(16-18)27-10-12-29(13-11-27)35(31,32)22-20(17-26(3)25-22)23(30)28-8-6-24(7-9-28)33-14-15-34-24/h4-5,16-17H,6-15H2,1-3H3. The Hall–Kier alpha value is -2.47. The van der Waals surface area contributed by atoms with Gasteiger partial charge in [0.1, 0.15) is 0 Å². The highest BCUT2D eigenvalue weighted by Crippen LogP contribution is 2.32. The van der Waals surface area contributed by atoms with E-state index in [1.54, 1.807) is 11.9 Å². The predicted molar refractivity (Wildman–Crippen MR) is 130 cm³/mol. The molecule has 2 aromatic rings. The Morgan fingerprint density at radius 3 is 2.31 bits per heavy atom. The van der Waals surface area contributed by atoms with E-state index in [-0.39, 0.29) is 16.5 Å². The average Bonchev–Trinajstić information content (AvgIpc) is 3.48. The maximum absolute atomic E-state index is 13.6. The lowest BCUT2D eigenvalue weighted by Crippen LogP contribution is -2.49. The smallest absolute Gasteiger partial charge is 0.263 e. The summed E-state index contributed by atoms with van der Waals surface area (Å²) in [5, 5.41) is 4.06. The van der Waals surface area contributed by atoms with Gasteiger partial charge in [0, 0.05) is 71.0 Å². The molecule has 4 heterocycles. The van der Waals surface area contributed by atoms with Gasteiger partial charge in [-0.3, -0.25) is 9.48 Å². The Labute approximate surface area is 206 Å². The molecule has 3 saturated heterocycles. The number of rotatable bonds is 4. The zero-order valence-electron chi connectivity index (χ0n) is 20.6. The molecule has 1 aromatic carbocycles. The van der Waals surface area contributed by atoms with Crippen molar-refractivity contribution < 1.29 is 22.7 Å². The van der Waals surface area contributed by atoms with Crippen molar-refractivity contribution in [2.45, 2.75) is 37.5 Å². The van der Waals surface area contributed by atoms with Crippen LogP contribution < -0.4 is 4.90 Å². The van der Waals surface area contributed by atoms with Crippen LogP contribution in [0.15, 0.2) is 29.4 Å². The van der Waals surface area contributed by atoms with Gasteiger partial charge in [0.2, 0.25) is 5.03 Å². The highest BCUT2D eigenvalue weighted by molar-refractivity contribution is 7.89. The van der Waals surface area contributed by atoms with Crippen molar-refractivity contribution in [3.63, 3.8) is 0 Å². The highest BCUT2D eigenvalue weighted by Gasteiger charge is 2.42. The second-order valence-electron chi connectivity index (χ2n) is 9.60. The molecule has 0 bridgehead atoms. The van der Waals surface area contributed by atoms with Crippen molar-refractivity contribution in [1.29, 1.82) is 0 Å². The summed E-state index contributed by atoms with van der Waals surface area (Å²) in [6.07, 6.45) is 2.65. The molecule has 10 nitrogen and oxygen atoms in total. The first-order valence-corrected chi connectivity index (χ1v) is 13.6. The normalized spacial score (nSPS) is 21.1. The molecule has 5 rings (SSSR count). The first kappa shape index (κ1) is 24.2. The number of sulfonamides is 1. The van der Waals surface area contributed by atoms with Crippen LogP contribution in [0, 0.1) is 13.8 Å². The summed E-state index contributed by atoms with van der Waals surface area (Å²) in [6, 6.07) is 6.31. The molecule has 35 heavy (non-hydrogen) atoms. The number of aromatic nitrogens is 2. The number of likely N-dealkylation sites (tertiary alicyclic amines) is 1. The fourth-order valence-corrected chi connectivity index (χ4v) is 6.70. The number of hydrogen-bond donors (Lipinski definition) is 0. The van der Waals surface area contributed by atoms with E-state index in [2.05, 4.69) is 42.0 Å². The number of amides is 1. The minimum atomic E-state index is -3.92. The number of carbonyl (C=O) groups is 1. The lowest BCUT2D eigenvalue weighted by Gasteiger charge is -2.37. The summed E-state index contributed by atoms with van der Waals surface area (Å²) >= 11 is 0. The van der Waals surface area contributed by atoms with Crippen LogP contribution in [-0.4, -0.2) is 91.6 Å². The summed E-state index contributed by atoms with van der Waals surface area (Å²) in [4.78, 5) is 17.3. The van der Waals surface area contributed by atoms with Crippen LogP contribution in [0.2, 0.25) is 0 Å². The van der Waals surface area contributed by atoms with Crippen molar-refractivity contribution in [2.75, 3.05) is 57.4 Å². The summed E-state index contributed by atoms with van der Waals surface area (Å²) in [5.74, 6) is -0.922. The second kappa shape index (κ2) is 9.20. The summed E-state index contributed by atoms with van der Waals surface area (Å²) < 4.78 is 41.5. The van der Waals surface area contributed by atoms with Crippen molar-refractivity contribution in [3.8, 4) is 0 Å². The van der Waals surface area contributed by atoms with Crippen LogP contribution >= 0.6 is 0 Å². The molecule has 1 spiro atoms. The Kier molecular flexibility index (Phi) is 6.37. The summed E-state index contributed by atoms with van der Waals surface area (Å²) in [6.45, 7) is 7.97. The minimum Gasteiger partial charge on any atom is -0.369 e. The number of piperazine rings is 1. The molecule has 3 aliphatic rings. The maximum atomic E-state index is 13.6. The molecule has 1 amide bonds. The van der Waals surface area contributed by atoms with Crippen LogP contribution in [0.1, 0.15) is 34.3 Å². The van der Waals surface area contributed by atoms with Crippen molar-refractivity contribution in [2.24, 2.45) is 7.05 Å². The van der Waals surface area contributed by atoms with Gasteiger partial charge in [-0.05, 0) is 31.0 Å². The number of anilines is 1. The molecule has 1 aromatic heterocycles. The van der Waals surface area contributed by atoms with E-state index in [0.717, 1.165) is 5.69 Å². The number of piperidine rings is 1. The molecule has 3 aliphatic heterocycles. The van der Waals surface area contributed by atoms with Crippen LogP contribution in [-0.2, 0) is 26.5 Å². The molecule has 0 unspecified atom stereocenters. The SMILES string of the molecule is Cc1ccc(C)c(N2CCN(S(=O)(=O)c3nn(C)cc3C(=O)N3CCC4(CC3)OCCO4)CC2)c1. The van der Waals surface area contributed by atoms with E-state index in [4.69, 9.17) is 9.47 Å². The average molecular weight is 504 g/mol. The van der Waals surface area contributed by atoms with E-state index in [9.17, 15) is 13.2 Å². The van der Waals surface area contributed by atoms with Gasteiger partial charge in [0.25, 0.3) is 15.9 Å². The van der Waals surface area contributed by atoms with E-state index in [0.29, 0.717) is 65.3 Å². The molecule has 0 saturated carbocycles. The number of nitrogens with zero attached hydrogens (tertiary/aromatic N) is 5. The van der Waals surface area contributed by atoms with E-state index in [1.165, 1.54) is 26.3 Å². The zero-order chi connectivity index (χ0) is 24.8. The number of carbonyl (C=O) groups excluding carboxylic acids is 1. The highest BCUT2D eigenvalue weighted by atomic mass is 32.2. The fourth-order valence-electron chi connectivity index (χ4n) is 5.16. The third-order valence-corrected chi connectivity index (χ3v) is 9.01. The second-order valence-corrected chi connectivity index (χ2v) is 11.5. The van der Waals surface area contributed by atoms with E-state index >= 15 is 0 Å². The van der Waals surface area contributed by atoms with Crippen molar-refractivity contribution in [3.05, 3.63) is 41.1 Å². The topological polar surface area (TPSA) is 97.2 Å². The fraction of sp³-hybridized carbons (Fsp3) is 0.583. The first-order chi connectivity index (χ1) is 16.7. The van der Waals surface area contributed by atoms with Gasteiger partial charge in [-0.15, -0.1) is 0 Å².